The average molecular weight is 320 g/mol. The number of nitrogens with zero attached hydrogens (tertiary/aromatic N) is 2. The molecule has 1 N–H and O–H groups in total. The molecule has 19 heavy (non-hydrogen) atoms. The van der Waals surface area contributed by atoms with Crippen LogP contribution < -0.4 is 5.32 Å². The summed E-state index contributed by atoms with van der Waals surface area (Å²) in [4.78, 5) is 0. The molecule has 3 rings (SSSR count). The number of hydrogen-bond acceptors (Lipinski definition) is 2. The molecule has 0 atom stereocenters. The van der Waals surface area contributed by atoms with Crippen molar-refractivity contribution in [1.29, 1.82) is 0 Å². The van der Waals surface area contributed by atoms with Crippen molar-refractivity contribution in [3.05, 3.63) is 40.0 Å². The summed E-state index contributed by atoms with van der Waals surface area (Å²) in [5.41, 5.74) is 5.04. The van der Waals surface area contributed by atoms with Crippen LogP contribution in [0.5, 0.6) is 0 Å². The molecule has 1 aromatic carbocycles. The van der Waals surface area contributed by atoms with E-state index in [0.29, 0.717) is 6.04 Å². The second-order valence-corrected chi connectivity index (χ2v) is 6.07. The monoisotopic (exact) mass is 319 g/mol. The van der Waals surface area contributed by atoms with Gasteiger partial charge < -0.3 is 5.32 Å². The molecule has 3 nitrogen and oxygen atoms in total. The van der Waals surface area contributed by atoms with Crippen LogP contribution in [0.3, 0.4) is 0 Å². The minimum absolute atomic E-state index is 0.406. The summed E-state index contributed by atoms with van der Waals surface area (Å²) >= 11 is 3.64. The normalized spacial score (nSPS) is 14.7. The van der Waals surface area contributed by atoms with E-state index in [9.17, 15) is 0 Å². The van der Waals surface area contributed by atoms with Gasteiger partial charge in [0, 0.05) is 46.8 Å². The summed E-state index contributed by atoms with van der Waals surface area (Å²) in [5, 5.41) is 8.32. The van der Waals surface area contributed by atoms with Crippen molar-refractivity contribution in [2.75, 3.05) is 6.54 Å². The summed E-state index contributed by atoms with van der Waals surface area (Å²) in [6, 6.07) is 8.72. The van der Waals surface area contributed by atoms with Gasteiger partial charge >= 0.3 is 0 Å². The predicted molar refractivity (Wildman–Crippen MR) is 81.2 cm³/mol. The Bertz CT molecular complexity index is 601. The maximum atomic E-state index is 4.87. The zero-order valence-corrected chi connectivity index (χ0v) is 12.9. The van der Waals surface area contributed by atoms with Gasteiger partial charge in [-0.1, -0.05) is 34.1 Å². The second kappa shape index (κ2) is 5.10. The van der Waals surface area contributed by atoms with Gasteiger partial charge in [0.1, 0.15) is 0 Å². The Kier molecular flexibility index (Phi) is 3.46. The van der Waals surface area contributed by atoms with Crippen LogP contribution in [0.15, 0.2) is 28.7 Å². The van der Waals surface area contributed by atoms with Gasteiger partial charge in [0.2, 0.25) is 0 Å². The Hall–Kier alpha value is -1.13. The molecule has 1 aliphatic rings. The Morgan fingerprint density at radius 2 is 2.11 bits per heavy atom. The molecule has 0 amide bonds. The van der Waals surface area contributed by atoms with Crippen molar-refractivity contribution >= 4 is 15.9 Å². The van der Waals surface area contributed by atoms with Crippen LogP contribution in [0.25, 0.3) is 11.3 Å². The summed E-state index contributed by atoms with van der Waals surface area (Å²) in [6.45, 7) is 6.35. The van der Waals surface area contributed by atoms with Crippen molar-refractivity contribution < 1.29 is 0 Å². The van der Waals surface area contributed by atoms with Gasteiger partial charge in [0.25, 0.3) is 0 Å². The molecule has 4 heteroatoms. The van der Waals surface area contributed by atoms with Crippen molar-refractivity contribution in [3.63, 3.8) is 0 Å². The summed E-state index contributed by atoms with van der Waals surface area (Å²) in [6.07, 6.45) is 1.06. The molecular formula is C15H18BrN3. The Morgan fingerprint density at radius 3 is 2.84 bits per heavy atom. The average Bonchev–Trinajstić information content (AvgIpc) is 2.79. The van der Waals surface area contributed by atoms with Crippen molar-refractivity contribution in [3.8, 4) is 11.3 Å². The SMILES string of the molecule is CC(C)n1nc(-c2ccccc2Br)c2c1CCNC2. The largest absolute Gasteiger partial charge is 0.312 e. The van der Waals surface area contributed by atoms with Crippen LogP contribution in [0.1, 0.15) is 31.1 Å². The standard InChI is InChI=1S/C15H18BrN3/c1-10(2)19-14-7-8-17-9-12(14)15(18-19)11-5-3-4-6-13(11)16/h3-6,10,17H,7-9H2,1-2H3. The lowest BCUT2D eigenvalue weighted by Crippen LogP contribution is -2.25. The van der Waals surface area contributed by atoms with E-state index in [1.165, 1.54) is 16.8 Å². The second-order valence-electron chi connectivity index (χ2n) is 5.22. The molecular weight excluding hydrogens is 302 g/mol. The first-order valence-corrected chi connectivity index (χ1v) is 7.53. The Morgan fingerprint density at radius 1 is 1.32 bits per heavy atom. The van der Waals surface area contributed by atoms with E-state index in [1.807, 2.05) is 6.07 Å². The maximum Gasteiger partial charge on any atom is 0.0982 e. The fourth-order valence-corrected chi connectivity index (χ4v) is 3.14. The highest BCUT2D eigenvalue weighted by atomic mass is 79.9. The zero-order chi connectivity index (χ0) is 13.4. The number of fused-ring (bicyclic) bond motifs is 1. The minimum atomic E-state index is 0.406. The predicted octanol–water partition coefficient (Wildman–Crippen LogP) is 3.54. The first-order valence-electron chi connectivity index (χ1n) is 6.74. The van der Waals surface area contributed by atoms with E-state index >= 15 is 0 Å². The Balaban J connectivity index is 2.19. The van der Waals surface area contributed by atoms with E-state index in [1.54, 1.807) is 0 Å². The van der Waals surface area contributed by atoms with E-state index in [-0.39, 0.29) is 0 Å². The highest BCUT2D eigenvalue weighted by molar-refractivity contribution is 9.10. The van der Waals surface area contributed by atoms with E-state index in [2.05, 4.69) is 58.0 Å². The third-order valence-corrected chi connectivity index (χ3v) is 4.27. The van der Waals surface area contributed by atoms with E-state index < -0.39 is 0 Å². The smallest absolute Gasteiger partial charge is 0.0982 e. The number of halogens is 1. The highest BCUT2D eigenvalue weighted by Crippen LogP contribution is 2.33. The highest BCUT2D eigenvalue weighted by Gasteiger charge is 2.23. The number of benzene rings is 1. The number of aromatic nitrogens is 2. The third-order valence-electron chi connectivity index (χ3n) is 3.58. The first-order chi connectivity index (χ1) is 9.18. The lowest BCUT2D eigenvalue weighted by Gasteiger charge is -2.17. The van der Waals surface area contributed by atoms with Crippen molar-refractivity contribution in [1.82, 2.24) is 15.1 Å². The number of rotatable bonds is 2. The van der Waals surface area contributed by atoms with Crippen molar-refractivity contribution in [2.45, 2.75) is 32.9 Å². The minimum Gasteiger partial charge on any atom is -0.312 e. The molecule has 0 saturated heterocycles. The van der Waals surface area contributed by atoms with Gasteiger partial charge in [-0.15, -0.1) is 0 Å². The molecule has 0 saturated carbocycles. The summed E-state index contributed by atoms with van der Waals surface area (Å²) < 4.78 is 3.29. The van der Waals surface area contributed by atoms with E-state index in [4.69, 9.17) is 5.10 Å². The van der Waals surface area contributed by atoms with Gasteiger partial charge in [-0.05, 0) is 19.9 Å². The fraction of sp³-hybridized carbons (Fsp3) is 0.400. The van der Waals surface area contributed by atoms with Gasteiger partial charge in [-0.2, -0.15) is 5.10 Å². The molecule has 0 bridgehead atoms. The Labute approximate surface area is 122 Å². The molecule has 0 fully saturated rings. The molecule has 2 aromatic rings. The maximum absolute atomic E-state index is 4.87. The van der Waals surface area contributed by atoms with Crippen LogP contribution in [0.4, 0.5) is 0 Å². The van der Waals surface area contributed by atoms with Crippen LogP contribution in [0.2, 0.25) is 0 Å². The van der Waals surface area contributed by atoms with Gasteiger partial charge in [-0.3, -0.25) is 4.68 Å². The lowest BCUT2D eigenvalue weighted by molar-refractivity contribution is 0.494. The molecule has 0 aliphatic carbocycles. The topological polar surface area (TPSA) is 29.9 Å². The van der Waals surface area contributed by atoms with Crippen molar-refractivity contribution in [2.24, 2.45) is 0 Å². The summed E-state index contributed by atoms with van der Waals surface area (Å²) in [7, 11) is 0. The zero-order valence-electron chi connectivity index (χ0n) is 11.3. The van der Waals surface area contributed by atoms with Crippen LogP contribution in [0, 0.1) is 0 Å². The summed E-state index contributed by atoms with van der Waals surface area (Å²) in [5.74, 6) is 0. The third kappa shape index (κ3) is 2.23. The lowest BCUT2D eigenvalue weighted by atomic mass is 10.0. The van der Waals surface area contributed by atoms with Gasteiger partial charge in [0.15, 0.2) is 0 Å². The molecule has 0 radical (unpaired) electrons. The molecule has 0 spiro atoms. The fourth-order valence-electron chi connectivity index (χ4n) is 2.67. The molecule has 1 aromatic heterocycles. The number of nitrogens with one attached hydrogen (secondary N) is 1. The van der Waals surface area contributed by atoms with Crippen LogP contribution in [-0.2, 0) is 13.0 Å². The molecule has 1 aliphatic heterocycles. The van der Waals surface area contributed by atoms with Gasteiger partial charge in [0.05, 0.1) is 5.69 Å². The number of hydrogen-bond donors (Lipinski definition) is 1. The first kappa shape index (κ1) is 12.9. The molecule has 100 valence electrons. The van der Waals surface area contributed by atoms with Crippen LogP contribution in [-0.4, -0.2) is 16.3 Å². The van der Waals surface area contributed by atoms with Crippen LogP contribution >= 0.6 is 15.9 Å². The quantitative estimate of drug-likeness (QED) is 0.917. The van der Waals surface area contributed by atoms with Gasteiger partial charge in [-0.25, -0.2) is 0 Å². The molecule has 2 heterocycles. The van der Waals surface area contributed by atoms with E-state index in [0.717, 1.165) is 29.7 Å². The molecule has 0 unspecified atom stereocenters.